The molecule has 5 nitrogen and oxygen atoms in total. The molecule has 0 radical (unpaired) electrons. The lowest BCUT2D eigenvalue weighted by molar-refractivity contribution is -0.137. The van der Waals surface area contributed by atoms with Gasteiger partial charge in [0.05, 0.1) is 24.1 Å². The van der Waals surface area contributed by atoms with Crippen LogP contribution in [0.5, 0.6) is 0 Å². The van der Waals surface area contributed by atoms with Crippen LogP contribution >= 0.6 is 23.4 Å². The number of halogens is 1. The average molecular weight is 387 g/mol. The molecule has 1 atom stereocenters. The second-order valence-corrected chi connectivity index (χ2v) is 7.60. The van der Waals surface area contributed by atoms with E-state index in [9.17, 15) is 9.59 Å². The Morgan fingerprint density at radius 1 is 1.19 bits per heavy atom. The van der Waals surface area contributed by atoms with Crippen LogP contribution in [0.25, 0.3) is 10.9 Å². The number of thioether (sulfide) groups is 1. The first-order chi connectivity index (χ1) is 12.6. The number of fused-ring (bicyclic) bond motifs is 1. The van der Waals surface area contributed by atoms with Gasteiger partial charge in [0.25, 0.3) is 5.56 Å². The molecule has 1 fully saturated rings. The maximum atomic E-state index is 13.1. The minimum Gasteiger partial charge on any atom is -0.465 e. The summed E-state index contributed by atoms with van der Waals surface area (Å²) >= 11 is 7.33. The van der Waals surface area contributed by atoms with Gasteiger partial charge in [-0.15, -0.1) is 0 Å². The molecule has 2 aromatic carbocycles. The molecule has 1 aromatic heterocycles. The molecule has 1 saturated heterocycles. The molecule has 1 aliphatic heterocycles. The van der Waals surface area contributed by atoms with Gasteiger partial charge in [0, 0.05) is 11.4 Å². The Morgan fingerprint density at radius 2 is 2.00 bits per heavy atom. The standard InChI is InChI=1S/C19H15ClN2O3S/c20-13-6-7-14-15(10-13)21-19(26-16-8-9-25-18(16)24)22(17(14)23)11-12-4-2-1-3-5-12/h1-7,10,16H,8-9,11H2/t16-/m1/s1. The van der Waals surface area contributed by atoms with Crippen molar-refractivity contribution in [2.45, 2.75) is 23.4 Å². The summed E-state index contributed by atoms with van der Waals surface area (Å²) in [5, 5.41) is 1.17. The van der Waals surface area contributed by atoms with Crippen LogP contribution in [0.15, 0.2) is 58.5 Å². The molecule has 4 rings (SSSR count). The number of aromatic nitrogens is 2. The van der Waals surface area contributed by atoms with Crippen molar-refractivity contribution in [1.29, 1.82) is 0 Å². The Balaban J connectivity index is 1.84. The van der Waals surface area contributed by atoms with E-state index >= 15 is 0 Å². The van der Waals surface area contributed by atoms with E-state index in [2.05, 4.69) is 4.98 Å². The van der Waals surface area contributed by atoms with Crippen molar-refractivity contribution in [1.82, 2.24) is 9.55 Å². The molecule has 0 amide bonds. The Kier molecular flexibility index (Phi) is 4.70. The number of cyclic esters (lactones) is 1. The van der Waals surface area contributed by atoms with Crippen molar-refractivity contribution in [2.24, 2.45) is 0 Å². The molecular weight excluding hydrogens is 372 g/mol. The molecule has 0 spiro atoms. The van der Waals surface area contributed by atoms with Crippen LogP contribution in [-0.2, 0) is 16.1 Å². The highest BCUT2D eigenvalue weighted by atomic mass is 35.5. The summed E-state index contributed by atoms with van der Waals surface area (Å²) in [5.74, 6) is -0.262. The van der Waals surface area contributed by atoms with E-state index in [4.69, 9.17) is 16.3 Å². The van der Waals surface area contributed by atoms with Gasteiger partial charge in [-0.05, 0) is 23.8 Å². The Labute approximate surface area is 159 Å². The fraction of sp³-hybridized carbons (Fsp3) is 0.211. The van der Waals surface area contributed by atoms with Crippen molar-refractivity contribution in [3.05, 3.63) is 69.5 Å². The Morgan fingerprint density at radius 3 is 2.73 bits per heavy atom. The molecule has 0 N–H and O–H groups in total. The fourth-order valence-electron chi connectivity index (χ4n) is 2.88. The van der Waals surface area contributed by atoms with E-state index in [1.807, 2.05) is 30.3 Å². The summed E-state index contributed by atoms with van der Waals surface area (Å²) in [6.07, 6.45) is 0.609. The number of ether oxygens (including phenoxy) is 1. The number of hydrogen-bond acceptors (Lipinski definition) is 5. The summed E-state index contributed by atoms with van der Waals surface area (Å²) in [6.45, 7) is 0.786. The minimum atomic E-state index is -0.347. The zero-order chi connectivity index (χ0) is 18.1. The molecule has 0 aliphatic carbocycles. The SMILES string of the molecule is O=C1OCC[C@H]1Sc1nc2cc(Cl)ccc2c(=O)n1Cc1ccccc1. The van der Waals surface area contributed by atoms with Crippen molar-refractivity contribution in [3.63, 3.8) is 0 Å². The van der Waals surface area contributed by atoms with Gasteiger partial charge in [-0.3, -0.25) is 14.2 Å². The van der Waals surface area contributed by atoms with Gasteiger partial charge in [-0.1, -0.05) is 53.7 Å². The van der Waals surface area contributed by atoms with E-state index in [1.165, 1.54) is 11.8 Å². The van der Waals surface area contributed by atoms with Crippen LogP contribution in [0, 0.1) is 0 Å². The molecule has 2 heterocycles. The lowest BCUT2D eigenvalue weighted by atomic mass is 10.2. The molecule has 0 unspecified atom stereocenters. The quantitative estimate of drug-likeness (QED) is 0.507. The largest absolute Gasteiger partial charge is 0.465 e. The lowest BCUT2D eigenvalue weighted by Crippen LogP contribution is -2.25. The first-order valence-electron chi connectivity index (χ1n) is 8.19. The third-order valence-corrected chi connectivity index (χ3v) is 5.67. The van der Waals surface area contributed by atoms with Crippen molar-refractivity contribution >= 4 is 40.2 Å². The normalized spacial score (nSPS) is 16.8. The van der Waals surface area contributed by atoms with Crippen LogP contribution in [0.1, 0.15) is 12.0 Å². The first-order valence-corrected chi connectivity index (χ1v) is 9.45. The molecule has 7 heteroatoms. The van der Waals surface area contributed by atoms with E-state index in [0.717, 1.165) is 5.56 Å². The van der Waals surface area contributed by atoms with Crippen LogP contribution in [0.3, 0.4) is 0 Å². The number of hydrogen-bond donors (Lipinski definition) is 0. The number of esters is 1. The number of nitrogens with zero attached hydrogens (tertiary/aromatic N) is 2. The summed E-state index contributed by atoms with van der Waals surface area (Å²) in [5.41, 5.74) is 1.37. The third kappa shape index (κ3) is 3.34. The molecule has 0 saturated carbocycles. The summed E-state index contributed by atoms with van der Waals surface area (Å²) < 4.78 is 6.65. The maximum absolute atomic E-state index is 13.1. The third-order valence-electron chi connectivity index (χ3n) is 4.20. The summed E-state index contributed by atoms with van der Waals surface area (Å²) in [6, 6.07) is 14.7. The smallest absolute Gasteiger partial charge is 0.319 e. The van der Waals surface area contributed by atoms with E-state index < -0.39 is 0 Å². The Bertz CT molecular complexity index is 1040. The average Bonchev–Trinajstić information content (AvgIpc) is 3.04. The fourth-order valence-corrected chi connectivity index (χ4v) is 4.11. The van der Waals surface area contributed by atoms with Gasteiger partial charge >= 0.3 is 5.97 Å². The predicted octanol–water partition coefficient (Wildman–Crippen LogP) is 3.51. The van der Waals surface area contributed by atoms with Crippen molar-refractivity contribution in [2.75, 3.05) is 6.61 Å². The van der Waals surface area contributed by atoms with Crippen LogP contribution < -0.4 is 5.56 Å². The number of carbonyl (C=O) groups is 1. The lowest BCUT2D eigenvalue weighted by Gasteiger charge is -2.14. The molecule has 3 aromatic rings. The number of carbonyl (C=O) groups excluding carboxylic acids is 1. The molecule has 0 bridgehead atoms. The maximum Gasteiger partial charge on any atom is 0.319 e. The van der Waals surface area contributed by atoms with E-state index in [-0.39, 0.29) is 16.8 Å². The van der Waals surface area contributed by atoms with Gasteiger partial charge in [0.1, 0.15) is 5.25 Å². The Hall–Kier alpha value is -2.31. The van der Waals surface area contributed by atoms with Gasteiger partial charge < -0.3 is 4.74 Å². The zero-order valence-corrected chi connectivity index (χ0v) is 15.3. The van der Waals surface area contributed by atoms with Gasteiger partial charge in [-0.25, -0.2) is 4.98 Å². The summed E-state index contributed by atoms with van der Waals surface area (Å²) in [4.78, 5) is 29.6. The number of rotatable bonds is 4. The second kappa shape index (κ2) is 7.13. The monoisotopic (exact) mass is 386 g/mol. The van der Waals surface area contributed by atoms with Gasteiger partial charge in [0.2, 0.25) is 0 Å². The molecule has 132 valence electrons. The topological polar surface area (TPSA) is 61.2 Å². The molecular formula is C19H15ClN2O3S. The summed E-state index contributed by atoms with van der Waals surface area (Å²) in [7, 11) is 0. The highest BCUT2D eigenvalue weighted by molar-refractivity contribution is 8.00. The first kappa shape index (κ1) is 17.1. The van der Waals surface area contributed by atoms with Crippen molar-refractivity contribution < 1.29 is 9.53 Å². The predicted molar refractivity (Wildman–Crippen MR) is 102 cm³/mol. The van der Waals surface area contributed by atoms with E-state index in [0.29, 0.717) is 40.7 Å². The minimum absolute atomic E-state index is 0.149. The van der Waals surface area contributed by atoms with Crippen molar-refractivity contribution in [3.8, 4) is 0 Å². The van der Waals surface area contributed by atoms with E-state index in [1.54, 1.807) is 22.8 Å². The van der Waals surface area contributed by atoms with Gasteiger partial charge in [0.15, 0.2) is 5.16 Å². The van der Waals surface area contributed by atoms with Crippen LogP contribution in [0.4, 0.5) is 0 Å². The van der Waals surface area contributed by atoms with Gasteiger partial charge in [-0.2, -0.15) is 0 Å². The highest BCUT2D eigenvalue weighted by Crippen LogP contribution is 2.29. The van der Waals surface area contributed by atoms with Crippen LogP contribution in [0.2, 0.25) is 5.02 Å². The second-order valence-electron chi connectivity index (χ2n) is 6.00. The molecule has 1 aliphatic rings. The molecule has 26 heavy (non-hydrogen) atoms. The highest BCUT2D eigenvalue weighted by Gasteiger charge is 2.29. The zero-order valence-electron chi connectivity index (χ0n) is 13.7. The van der Waals surface area contributed by atoms with Crippen LogP contribution in [-0.4, -0.2) is 27.4 Å². The number of benzene rings is 2.